The lowest BCUT2D eigenvalue weighted by Crippen LogP contribution is -2.42. The van der Waals surface area contributed by atoms with Crippen LogP contribution in [0.1, 0.15) is 53.0 Å². The van der Waals surface area contributed by atoms with Gasteiger partial charge in [0.1, 0.15) is 5.69 Å². The van der Waals surface area contributed by atoms with Gasteiger partial charge in [0.15, 0.2) is 5.69 Å². The molecule has 210 valence electrons. The normalized spacial score (nSPS) is 18.1. The third kappa shape index (κ3) is 5.75. The van der Waals surface area contributed by atoms with Gasteiger partial charge in [0.05, 0.1) is 23.0 Å². The smallest absolute Gasteiger partial charge is 0.382 e. The molecule has 1 aliphatic rings. The van der Waals surface area contributed by atoms with Crippen LogP contribution in [0.25, 0.3) is 16.6 Å². The Morgan fingerprint density at radius 3 is 2.42 bits per heavy atom. The Bertz CT molecular complexity index is 1540. The molecule has 6 nitrogen and oxygen atoms in total. The van der Waals surface area contributed by atoms with Crippen LogP contribution in [0, 0.1) is 6.92 Å². The zero-order valence-electron chi connectivity index (χ0n) is 21.3. The maximum atomic E-state index is 14.1. The summed E-state index contributed by atoms with van der Waals surface area (Å²) in [4.78, 5) is 16.8. The summed E-state index contributed by atoms with van der Waals surface area (Å²) in [5.41, 5.74) is -1.45. The molecular formula is C28H25F6N5O. The number of alkyl halides is 6. The zero-order valence-corrected chi connectivity index (χ0v) is 21.3. The third-order valence-corrected chi connectivity index (χ3v) is 6.90. The number of hydrogen-bond acceptors (Lipinski definition) is 4. The van der Waals surface area contributed by atoms with Crippen molar-refractivity contribution in [2.45, 2.75) is 57.0 Å². The van der Waals surface area contributed by atoms with E-state index in [1.54, 1.807) is 37.3 Å². The number of aryl methyl sites for hydroxylation is 1. The number of anilines is 1. The second kappa shape index (κ2) is 10.5. The van der Waals surface area contributed by atoms with Gasteiger partial charge in [0, 0.05) is 23.2 Å². The lowest BCUT2D eigenvalue weighted by atomic mass is 9.90. The number of halogens is 6. The lowest BCUT2D eigenvalue weighted by molar-refractivity contribution is -0.143. The molecule has 1 fully saturated rings. The highest BCUT2D eigenvalue weighted by Gasteiger charge is 2.41. The van der Waals surface area contributed by atoms with E-state index in [4.69, 9.17) is 0 Å². The number of aromatic nitrogens is 3. The molecule has 2 aromatic carbocycles. The number of fused-ring (bicyclic) bond motifs is 1. The first-order valence-electron chi connectivity index (χ1n) is 12.7. The number of pyridine rings is 1. The molecule has 2 atom stereocenters. The number of nitrogens with zero attached hydrogens (tertiary/aromatic N) is 3. The summed E-state index contributed by atoms with van der Waals surface area (Å²) in [6, 6.07) is 13.0. The molecule has 0 bridgehead atoms. The molecule has 40 heavy (non-hydrogen) atoms. The second-order valence-electron chi connectivity index (χ2n) is 9.90. The van der Waals surface area contributed by atoms with Crippen LogP contribution in [0.2, 0.25) is 0 Å². The van der Waals surface area contributed by atoms with Gasteiger partial charge in [-0.3, -0.25) is 4.79 Å². The fourth-order valence-electron chi connectivity index (χ4n) is 5.12. The van der Waals surface area contributed by atoms with Crippen LogP contribution in [0.5, 0.6) is 0 Å². The molecular weight excluding hydrogens is 536 g/mol. The fourth-order valence-corrected chi connectivity index (χ4v) is 5.12. The Morgan fingerprint density at radius 2 is 1.70 bits per heavy atom. The zero-order chi connectivity index (χ0) is 28.7. The summed E-state index contributed by atoms with van der Waals surface area (Å²) in [5, 5.41) is 10.2. The van der Waals surface area contributed by atoms with E-state index in [0.717, 1.165) is 17.8 Å². The van der Waals surface area contributed by atoms with Crippen molar-refractivity contribution in [2.24, 2.45) is 0 Å². The largest absolute Gasteiger partial charge is 0.434 e. The molecule has 0 unspecified atom stereocenters. The summed E-state index contributed by atoms with van der Waals surface area (Å²) in [6.45, 7) is 1.74. The summed E-state index contributed by atoms with van der Waals surface area (Å²) in [6.07, 6.45) is -6.51. The van der Waals surface area contributed by atoms with Crippen molar-refractivity contribution in [1.29, 1.82) is 0 Å². The van der Waals surface area contributed by atoms with Gasteiger partial charge in [-0.1, -0.05) is 30.3 Å². The van der Waals surface area contributed by atoms with Crippen molar-refractivity contribution in [3.8, 4) is 5.69 Å². The number of carbonyl (C=O) groups excluding carboxylic acids is 1. The average molecular weight is 562 g/mol. The molecule has 5 rings (SSSR count). The topological polar surface area (TPSA) is 71.8 Å². The van der Waals surface area contributed by atoms with Crippen molar-refractivity contribution in [1.82, 2.24) is 20.1 Å². The number of rotatable bonds is 5. The van der Waals surface area contributed by atoms with E-state index < -0.39 is 41.3 Å². The maximum absolute atomic E-state index is 14.1. The number of carbonyl (C=O) groups is 1. The van der Waals surface area contributed by atoms with Crippen molar-refractivity contribution in [3.63, 3.8) is 0 Å². The molecule has 2 heterocycles. The van der Waals surface area contributed by atoms with Crippen molar-refractivity contribution in [3.05, 3.63) is 83.3 Å². The predicted molar refractivity (Wildman–Crippen MR) is 137 cm³/mol. The van der Waals surface area contributed by atoms with E-state index >= 15 is 0 Å². The summed E-state index contributed by atoms with van der Waals surface area (Å²) < 4.78 is 83.3. The summed E-state index contributed by atoms with van der Waals surface area (Å²) in [5.74, 6) is -0.911. The Hall–Kier alpha value is -4.09. The van der Waals surface area contributed by atoms with Crippen LogP contribution in [0.4, 0.5) is 32.0 Å². The molecule has 2 aromatic heterocycles. The van der Waals surface area contributed by atoms with E-state index in [2.05, 4.69) is 20.7 Å². The number of benzene rings is 2. The van der Waals surface area contributed by atoms with Gasteiger partial charge in [0.25, 0.3) is 5.91 Å². The summed E-state index contributed by atoms with van der Waals surface area (Å²) >= 11 is 0. The highest BCUT2D eigenvalue weighted by atomic mass is 19.4. The van der Waals surface area contributed by atoms with Crippen LogP contribution in [-0.4, -0.2) is 32.8 Å². The first-order valence-corrected chi connectivity index (χ1v) is 12.7. The van der Waals surface area contributed by atoms with Gasteiger partial charge in [-0.05, 0) is 62.4 Å². The standard InChI is InChI=1S/C28H25F6N5O/c1-16-6-4-9-19(12-16)39-25(28(32,33)34)21(15-35-39)26(40)37-18-8-5-7-17(13-18)36-23-14-24(27(29,30)31)38-22-11-3-2-10-20(22)23/h2-4,6,9-12,14-15,17-18H,5,7-8,13H2,1H3,(H,36,38)(H,37,40)/t17-,18+/m0/s1. The van der Waals surface area contributed by atoms with Gasteiger partial charge < -0.3 is 10.6 Å². The molecule has 0 saturated heterocycles. The first-order chi connectivity index (χ1) is 18.9. The monoisotopic (exact) mass is 561 g/mol. The molecule has 1 saturated carbocycles. The minimum atomic E-state index is -4.85. The molecule has 2 N–H and O–H groups in total. The first kappa shape index (κ1) is 27.5. The van der Waals surface area contributed by atoms with Crippen LogP contribution < -0.4 is 10.6 Å². The Labute approximate surface area is 225 Å². The molecule has 1 aliphatic carbocycles. The maximum Gasteiger partial charge on any atom is 0.434 e. The van der Waals surface area contributed by atoms with Crippen LogP contribution >= 0.6 is 0 Å². The Kier molecular flexibility index (Phi) is 7.19. The highest BCUT2D eigenvalue weighted by molar-refractivity contribution is 5.95. The Morgan fingerprint density at radius 1 is 0.950 bits per heavy atom. The van der Waals surface area contributed by atoms with Gasteiger partial charge in [-0.25, -0.2) is 9.67 Å². The SMILES string of the molecule is Cc1cccc(-n2ncc(C(=O)N[C@@H]3CCC[C@H](Nc4cc(C(F)(F)F)nc5ccccc45)C3)c2C(F)(F)F)c1. The average Bonchev–Trinajstić information content (AvgIpc) is 3.35. The predicted octanol–water partition coefficient (Wildman–Crippen LogP) is 6.92. The van der Waals surface area contributed by atoms with Gasteiger partial charge in [0.2, 0.25) is 0 Å². The number of nitrogens with one attached hydrogen (secondary N) is 2. The number of hydrogen-bond donors (Lipinski definition) is 2. The van der Waals surface area contributed by atoms with Crippen LogP contribution in [-0.2, 0) is 12.4 Å². The second-order valence-corrected chi connectivity index (χ2v) is 9.90. The van der Waals surface area contributed by atoms with Gasteiger partial charge >= 0.3 is 12.4 Å². The quantitative estimate of drug-likeness (QED) is 0.260. The van der Waals surface area contributed by atoms with Gasteiger partial charge in [-0.2, -0.15) is 31.4 Å². The fraction of sp³-hybridized carbons (Fsp3) is 0.321. The molecule has 12 heteroatoms. The molecule has 0 spiro atoms. The van der Waals surface area contributed by atoms with E-state index in [9.17, 15) is 31.1 Å². The molecule has 1 amide bonds. The number of para-hydroxylation sites is 1. The van der Waals surface area contributed by atoms with E-state index in [1.165, 1.54) is 18.2 Å². The lowest BCUT2D eigenvalue weighted by Gasteiger charge is -2.31. The number of amides is 1. The highest BCUT2D eigenvalue weighted by Crippen LogP contribution is 2.36. The van der Waals surface area contributed by atoms with Gasteiger partial charge in [-0.15, -0.1) is 0 Å². The molecule has 0 radical (unpaired) electrons. The molecule has 0 aliphatic heterocycles. The van der Waals surface area contributed by atoms with Crippen molar-refractivity contribution < 1.29 is 31.1 Å². The van der Waals surface area contributed by atoms with E-state index in [-0.39, 0.29) is 22.9 Å². The summed E-state index contributed by atoms with van der Waals surface area (Å²) in [7, 11) is 0. The van der Waals surface area contributed by atoms with Crippen molar-refractivity contribution in [2.75, 3.05) is 5.32 Å². The van der Waals surface area contributed by atoms with Crippen molar-refractivity contribution >= 4 is 22.5 Å². The van der Waals surface area contributed by atoms with Crippen LogP contribution in [0.15, 0.2) is 60.8 Å². The minimum absolute atomic E-state index is 0.177. The minimum Gasteiger partial charge on any atom is -0.382 e. The Balaban J connectivity index is 1.36. The van der Waals surface area contributed by atoms with Crippen LogP contribution in [0.3, 0.4) is 0 Å². The van der Waals surface area contributed by atoms with E-state index in [0.29, 0.717) is 35.8 Å². The third-order valence-electron chi connectivity index (χ3n) is 6.90. The van der Waals surface area contributed by atoms with E-state index in [1.807, 2.05) is 0 Å². The molecule has 4 aromatic rings.